The molecule has 0 amide bonds. The molecule has 0 heterocycles. The van der Waals surface area contributed by atoms with Crippen LogP contribution in [0.15, 0.2) is 41.3 Å². The van der Waals surface area contributed by atoms with Crippen molar-refractivity contribution >= 4 is 44.9 Å². The fraction of sp³-hybridized carbons (Fsp3) is 0. The van der Waals surface area contributed by atoms with Crippen LogP contribution in [0.2, 0.25) is 10.0 Å². The fourth-order valence-electron chi connectivity index (χ4n) is 1.65. The Balaban J connectivity index is 2.42. The first-order chi connectivity index (χ1) is 10.2. The van der Waals surface area contributed by atoms with Gasteiger partial charge in [-0.15, -0.1) is 0 Å². The zero-order valence-electron chi connectivity index (χ0n) is 10.6. The molecule has 0 saturated carbocycles. The molecule has 116 valence electrons. The average molecular weight is 363 g/mol. The summed E-state index contributed by atoms with van der Waals surface area (Å²) in [6, 6.07) is 6.36. The normalized spacial score (nSPS) is 11.2. The Bertz CT molecular complexity index is 835. The van der Waals surface area contributed by atoms with Crippen LogP contribution in [-0.2, 0) is 10.0 Å². The lowest BCUT2D eigenvalue weighted by molar-refractivity contribution is -0.255. The highest BCUT2D eigenvalue weighted by atomic mass is 35.5. The summed E-state index contributed by atoms with van der Waals surface area (Å²) in [7, 11) is -4.14. The van der Waals surface area contributed by atoms with E-state index in [1.807, 2.05) is 0 Å². The summed E-state index contributed by atoms with van der Waals surface area (Å²) in [5, 5.41) is 11.2. The van der Waals surface area contributed by atoms with E-state index in [1.54, 1.807) is 0 Å². The van der Waals surface area contributed by atoms with Crippen molar-refractivity contribution < 1.29 is 22.7 Å². The van der Waals surface area contributed by atoms with Gasteiger partial charge in [0.05, 0.1) is 16.6 Å². The van der Waals surface area contributed by atoms with Gasteiger partial charge in [0, 0.05) is 15.6 Å². The molecule has 22 heavy (non-hydrogen) atoms. The van der Waals surface area contributed by atoms with Crippen molar-refractivity contribution in [2.45, 2.75) is 4.90 Å². The molecule has 0 saturated heterocycles. The van der Waals surface area contributed by atoms with Crippen LogP contribution < -0.4 is 9.83 Å². The summed E-state index contributed by atoms with van der Waals surface area (Å²) in [6.45, 7) is 0. The third-order valence-corrected chi connectivity index (χ3v) is 4.40. The van der Waals surface area contributed by atoms with Gasteiger partial charge in [-0.25, -0.2) is 12.8 Å². The monoisotopic (exact) mass is 362 g/mol. The Labute approximate surface area is 135 Å². The maximum absolute atomic E-state index is 13.3. The van der Waals surface area contributed by atoms with Gasteiger partial charge >= 0.3 is 0 Å². The summed E-state index contributed by atoms with van der Waals surface area (Å²) in [5.41, 5.74) is -0.774. The molecule has 0 unspecified atom stereocenters. The number of anilines is 1. The molecule has 5 nitrogen and oxygen atoms in total. The molecule has 9 heteroatoms. The number of aromatic carboxylic acids is 1. The van der Waals surface area contributed by atoms with Crippen LogP contribution in [0.5, 0.6) is 0 Å². The number of hydrogen-bond acceptors (Lipinski definition) is 4. The van der Waals surface area contributed by atoms with E-state index in [0.717, 1.165) is 12.1 Å². The Morgan fingerprint density at radius 1 is 1.09 bits per heavy atom. The second-order valence-electron chi connectivity index (χ2n) is 4.19. The summed E-state index contributed by atoms with van der Waals surface area (Å²) in [4.78, 5) is 10.3. The number of rotatable bonds is 4. The molecule has 0 bridgehead atoms. The molecule has 0 aliphatic rings. The topological polar surface area (TPSA) is 86.3 Å². The van der Waals surface area contributed by atoms with Crippen LogP contribution in [0.3, 0.4) is 0 Å². The van der Waals surface area contributed by atoms with E-state index in [9.17, 15) is 22.7 Å². The van der Waals surface area contributed by atoms with Gasteiger partial charge in [0.2, 0.25) is 0 Å². The third kappa shape index (κ3) is 3.68. The van der Waals surface area contributed by atoms with Gasteiger partial charge in [-0.05, 0) is 36.4 Å². The quantitative estimate of drug-likeness (QED) is 0.903. The van der Waals surface area contributed by atoms with Crippen molar-refractivity contribution in [2.75, 3.05) is 4.72 Å². The molecule has 0 atom stereocenters. The molecule has 0 radical (unpaired) electrons. The average Bonchev–Trinajstić information content (AvgIpc) is 2.36. The van der Waals surface area contributed by atoms with Crippen molar-refractivity contribution in [2.24, 2.45) is 0 Å². The smallest absolute Gasteiger partial charge is 0.261 e. The maximum atomic E-state index is 13.3. The van der Waals surface area contributed by atoms with Gasteiger partial charge in [0.15, 0.2) is 0 Å². The van der Waals surface area contributed by atoms with E-state index < -0.39 is 32.3 Å². The molecule has 0 fully saturated rings. The van der Waals surface area contributed by atoms with Crippen molar-refractivity contribution in [3.63, 3.8) is 0 Å². The van der Waals surface area contributed by atoms with Gasteiger partial charge in [-0.2, -0.15) is 0 Å². The maximum Gasteiger partial charge on any atom is 0.261 e. The number of benzene rings is 2. The highest BCUT2D eigenvalue weighted by Gasteiger charge is 2.17. The van der Waals surface area contributed by atoms with E-state index in [4.69, 9.17) is 23.2 Å². The number of halogens is 3. The van der Waals surface area contributed by atoms with Gasteiger partial charge in [0.1, 0.15) is 5.82 Å². The van der Waals surface area contributed by atoms with Crippen LogP contribution >= 0.6 is 23.2 Å². The number of hydrogen-bond donors (Lipinski definition) is 1. The van der Waals surface area contributed by atoms with E-state index in [-0.39, 0.29) is 15.7 Å². The SMILES string of the molecule is O=C([O-])c1cc(S(=O)(=O)Nc2cc(Cl)cc(Cl)c2)ccc1F. The zero-order chi connectivity index (χ0) is 16.5. The minimum Gasteiger partial charge on any atom is -0.545 e. The highest BCUT2D eigenvalue weighted by molar-refractivity contribution is 7.92. The number of carbonyl (C=O) groups excluding carboxylic acids is 1. The van der Waals surface area contributed by atoms with Gasteiger partial charge in [-0.3, -0.25) is 4.72 Å². The molecule has 2 rings (SSSR count). The van der Waals surface area contributed by atoms with Crippen molar-refractivity contribution in [1.82, 2.24) is 0 Å². The molecule has 0 aromatic heterocycles. The van der Waals surface area contributed by atoms with Gasteiger partial charge < -0.3 is 9.90 Å². The number of carbonyl (C=O) groups is 1. The van der Waals surface area contributed by atoms with Crippen molar-refractivity contribution in [3.8, 4) is 0 Å². The molecule has 2 aromatic rings. The number of carboxylic acid groups (broad SMARTS) is 1. The summed E-state index contributed by atoms with van der Waals surface area (Å²) >= 11 is 11.5. The lowest BCUT2D eigenvalue weighted by Gasteiger charge is -2.11. The van der Waals surface area contributed by atoms with Crippen LogP contribution in [0.25, 0.3) is 0 Å². The van der Waals surface area contributed by atoms with Crippen LogP contribution in [0.1, 0.15) is 10.4 Å². The first-order valence-corrected chi connectivity index (χ1v) is 7.93. The molecular formula is C13H7Cl2FNO4S-. The van der Waals surface area contributed by atoms with Gasteiger partial charge in [0.25, 0.3) is 10.0 Å². The second kappa shape index (κ2) is 6.12. The van der Waals surface area contributed by atoms with E-state index in [1.165, 1.54) is 18.2 Å². The molecule has 2 aromatic carbocycles. The number of nitrogens with one attached hydrogen (secondary N) is 1. The Morgan fingerprint density at radius 3 is 2.23 bits per heavy atom. The van der Waals surface area contributed by atoms with Crippen molar-refractivity contribution in [3.05, 3.63) is 57.8 Å². The summed E-state index contributed by atoms with van der Waals surface area (Å²) in [6.07, 6.45) is 0. The first-order valence-electron chi connectivity index (χ1n) is 5.69. The highest BCUT2D eigenvalue weighted by Crippen LogP contribution is 2.25. The molecule has 0 aliphatic heterocycles. The second-order valence-corrected chi connectivity index (χ2v) is 6.75. The third-order valence-electron chi connectivity index (χ3n) is 2.58. The van der Waals surface area contributed by atoms with Gasteiger partial charge in [-0.1, -0.05) is 23.2 Å². The van der Waals surface area contributed by atoms with Crippen LogP contribution in [0.4, 0.5) is 10.1 Å². The Morgan fingerprint density at radius 2 is 1.68 bits per heavy atom. The van der Waals surface area contributed by atoms with Crippen LogP contribution in [-0.4, -0.2) is 14.4 Å². The van der Waals surface area contributed by atoms with E-state index in [0.29, 0.717) is 6.07 Å². The molecule has 1 N–H and O–H groups in total. The van der Waals surface area contributed by atoms with Crippen LogP contribution in [0, 0.1) is 5.82 Å². The molecule has 0 aliphatic carbocycles. The largest absolute Gasteiger partial charge is 0.545 e. The van der Waals surface area contributed by atoms with E-state index in [2.05, 4.69) is 4.72 Å². The Hall–Kier alpha value is -1.83. The Kier molecular flexibility index (Phi) is 4.60. The first kappa shape index (κ1) is 16.5. The summed E-state index contributed by atoms with van der Waals surface area (Å²) < 4.78 is 39.8. The minimum atomic E-state index is -4.14. The van der Waals surface area contributed by atoms with Crippen molar-refractivity contribution in [1.29, 1.82) is 0 Å². The summed E-state index contributed by atoms with van der Waals surface area (Å²) in [5.74, 6) is -2.91. The molecular weight excluding hydrogens is 356 g/mol. The lowest BCUT2D eigenvalue weighted by atomic mass is 10.2. The fourth-order valence-corrected chi connectivity index (χ4v) is 3.25. The minimum absolute atomic E-state index is 0.0804. The predicted molar refractivity (Wildman–Crippen MR) is 78.0 cm³/mol. The molecule has 0 spiro atoms. The number of carboxylic acids is 1. The standard InChI is InChI=1S/C13H8Cl2FNO4S/c14-7-3-8(15)5-9(4-7)17-22(20,21)10-1-2-12(16)11(6-10)13(18)19/h1-6,17H,(H,18,19)/p-1. The predicted octanol–water partition coefficient (Wildman–Crippen LogP) is 2.30. The zero-order valence-corrected chi connectivity index (χ0v) is 13.0. The van der Waals surface area contributed by atoms with E-state index >= 15 is 0 Å². The lowest BCUT2D eigenvalue weighted by Crippen LogP contribution is -2.24. The number of sulfonamides is 1.